The average molecular weight is 342 g/mol. The third kappa shape index (κ3) is 5.99. The summed E-state index contributed by atoms with van der Waals surface area (Å²) in [5.41, 5.74) is 2.24. The topological polar surface area (TPSA) is 67.8 Å². The summed E-state index contributed by atoms with van der Waals surface area (Å²) in [4.78, 5) is 8.55. The van der Waals surface area contributed by atoms with Crippen LogP contribution in [0.1, 0.15) is 11.3 Å². The van der Waals surface area contributed by atoms with Crippen LogP contribution in [-0.2, 0) is 12.8 Å². The van der Waals surface area contributed by atoms with E-state index in [0.717, 1.165) is 49.1 Å². The van der Waals surface area contributed by atoms with Crippen LogP contribution in [0.2, 0.25) is 0 Å². The number of guanidine groups is 1. The number of nitrogens with one attached hydrogen (secondary N) is 2. The predicted octanol–water partition coefficient (Wildman–Crippen LogP) is 2.05. The molecular formula is C19H26N4O2. The molecule has 6 nitrogen and oxygen atoms in total. The maximum absolute atomic E-state index is 5.33. The zero-order valence-corrected chi connectivity index (χ0v) is 15.1. The van der Waals surface area contributed by atoms with Crippen molar-refractivity contribution in [2.45, 2.75) is 12.8 Å². The largest absolute Gasteiger partial charge is 0.493 e. The third-order valence-corrected chi connectivity index (χ3v) is 3.78. The van der Waals surface area contributed by atoms with Crippen LogP contribution >= 0.6 is 0 Å². The van der Waals surface area contributed by atoms with Crippen LogP contribution in [0, 0.1) is 0 Å². The Balaban J connectivity index is 1.75. The summed E-state index contributed by atoms with van der Waals surface area (Å²) in [5.74, 6) is 2.28. The summed E-state index contributed by atoms with van der Waals surface area (Å²) in [6, 6.07) is 11.9. The lowest BCUT2D eigenvalue weighted by Gasteiger charge is -2.13. The lowest BCUT2D eigenvalue weighted by atomic mass is 10.1. The summed E-state index contributed by atoms with van der Waals surface area (Å²) in [6.07, 6.45) is 3.53. The first-order valence-electron chi connectivity index (χ1n) is 8.32. The molecule has 2 N–H and O–H groups in total. The molecule has 2 rings (SSSR count). The Hall–Kier alpha value is -2.76. The molecule has 0 aliphatic rings. The summed E-state index contributed by atoms with van der Waals surface area (Å²) >= 11 is 0. The predicted molar refractivity (Wildman–Crippen MR) is 101 cm³/mol. The molecule has 2 aromatic rings. The van der Waals surface area contributed by atoms with E-state index in [1.165, 1.54) is 5.56 Å². The number of hydrogen-bond donors (Lipinski definition) is 2. The van der Waals surface area contributed by atoms with E-state index in [1.807, 2.05) is 42.6 Å². The third-order valence-electron chi connectivity index (χ3n) is 3.78. The van der Waals surface area contributed by atoms with Gasteiger partial charge < -0.3 is 20.1 Å². The number of benzene rings is 1. The Morgan fingerprint density at radius 3 is 2.40 bits per heavy atom. The minimum atomic E-state index is 0.742. The van der Waals surface area contributed by atoms with Crippen molar-refractivity contribution in [1.29, 1.82) is 0 Å². The SMILES string of the molecule is CN=C(NCCc1ccc(OC)c(OC)c1)NCCc1ccccn1. The maximum atomic E-state index is 5.33. The first-order valence-corrected chi connectivity index (χ1v) is 8.32. The second kappa shape index (κ2) is 10.2. The van der Waals surface area contributed by atoms with E-state index in [0.29, 0.717) is 0 Å². The molecule has 134 valence electrons. The van der Waals surface area contributed by atoms with Gasteiger partial charge in [-0.05, 0) is 36.2 Å². The van der Waals surface area contributed by atoms with E-state index in [4.69, 9.17) is 9.47 Å². The molecule has 0 bridgehead atoms. The van der Waals surface area contributed by atoms with Gasteiger partial charge in [0.15, 0.2) is 17.5 Å². The molecule has 1 aromatic heterocycles. The quantitative estimate of drug-likeness (QED) is 0.568. The Morgan fingerprint density at radius 1 is 1.00 bits per heavy atom. The normalized spacial score (nSPS) is 11.1. The van der Waals surface area contributed by atoms with E-state index < -0.39 is 0 Å². The number of rotatable bonds is 8. The van der Waals surface area contributed by atoms with Gasteiger partial charge in [0, 0.05) is 38.4 Å². The van der Waals surface area contributed by atoms with Crippen molar-refractivity contribution in [3.63, 3.8) is 0 Å². The second-order valence-corrected chi connectivity index (χ2v) is 5.44. The van der Waals surface area contributed by atoms with Crippen molar-refractivity contribution in [1.82, 2.24) is 15.6 Å². The molecule has 0 amide bonds. The molecule has 0 fully saturated rings. The summed E-state index contributed by atoms with van der Waals surface area (Å²) in [5, 5.41) is 6.62. The van der Waals surface area contributed by atoms with Gasteiger partial charge in [0.05, 0.1) is 14.2 Å². The number of aromatic nitrogens is 1. The molecule has 0 aliphatic heterocycles. The molecule has 1 heterocycles. The Bertz CT molecular complexity index is 674. The number of pyridine rings is 1. The van der Waals surface area contributed by atoms with Gasteiger partial charge in [-0.1, -0.05) is 12.1 Å². The van der Waals surface area contributed by atoms with Crippen molar-refractivity contribution in [3.8, 4) is 11.5 Å². The molecule has 0 saturated heterocycles. The highest BCUT2D eigenvalue weighted by Crippen LogP contribution is 2.27. The Morgan fingerprint density at radius 2 is 1.76 bits per heavy atom. The van der Waals surface area contributed by atoms with Gasteiger partial charge in [-0.2, -0.15) is 0 Å². The highest BCUT2D eigenvalue weighted by Gasteiger charge is 2.05. The molecule has 0 unspecified atom stereocenters. The molecule has 0 saturated carbocycles. The van der Waals surface area contributed by atoms with Gasteiger partial charge in [0.25, 0.3) is 0 Å². The van der Waals surface area contributed by atoms with Crippen LogP contribution in [0.3, 0.4) is 0 Å². The number of methoxy groups -OCH3 is 2. The lowest BCUT2D eigenvalue weighted by Crippen LogP contribution is -2.39. The zero-order chi connectivity index (χ0) is 17.9. The highest BCUT2D eigenvalue weighted by atomic mass is 16.5. The fourth-order valence-electron chi connectivity index (χ4n) is 2.44. The molecule has 6 heteroatoms. The molecule has 0 spiro atoms. The van der Waals surface area contributed by atoms with Crippen molar-refractivity contribution >= 4 is 5.96 Å². The van der Waals surface area contributed by atoms with Crippen LogP contribution in [0.25, 0.3) is 0 Å². The van der Waals surface area contributed by atoms with E-state index in [9.17, 15) is 0 Å². The standard InChI is InChI=1S/C19H26N4O2/c1-20-19(23-13-10-16-6-4-5-11-21-16)22-12-9-15-7-8-17(24-2)18(14-15)25-3/h4-8,11,14H,9-10,12-13H2,1-3H3,(H2,20,22,23). The second-order valence-electron chi connectivity index (χ2n) is 5.44. The van der Waals surface area contributed by atoms with Crippen molar-refractivity contribution in [2.75, 3.05) is 34.4 Å². The average Bonchev–Trinajstić information content (AvgIpc) is 2.67. The van der Waals surface area contributed by atoms with Gasteiger partial charge in [0.1, 0.15) is 0 Å². The van der Waals surface area contributed by atoms with Crippen LogP contribution in [0.15, 0.2) is 47.6 Å². The van der Waals surface area contributed by atoms with E-state index in [2.05, 4.69) is 20.6 Å². The highest BCUT2D eigenvalue weighted by molar-refractivity contribution is 5.79. The lowest BCUT2D eigenvalue weighted by molar-refractivity contribution is 0.354. The fraction of sp³-hybridized carbons (Fsp3) is 0.368. The Labute approximate surface area is 149 Å². The molecule has 0 atom stereocenters. The van der Waals surface area contributed by atoms with Gasteiger partial charge in [0.2, 0.25) is 0 Å². The number of hydrogen-bond acceptors (Lipinski definition) is 4. The first-order chi connectivity index (χ1) is 12.3. The van der Waals surface area contributed by atoms with Gasteiger partial charge in [-0.25, -0.2) is 0 Å². The van der Waals surface area contributed by atoms with Crippen LogP contribution in [0.5, 0.6) is 11.5 Å². The van der Waals surface area contributed by atoms with E-state index in [-0.39, 0.29) is 0 Å². The molecule has 0 aliphatic carbocycles. The number of nitrogens with zero attached hydrogens (tertiary/aromatic N) is 2. The first kappa shape index (κ1) is 18.6. The number of aliphatic imine (C=N–C) groups is 1. The minimum Gasteiger partial charge on any atom is -0.493 e. The van der Waals surface area contributed by atoms with Gasteiger partial charge >= 0.3 is 0 Å². The smallest absolute Gasteiger partial charge is 0.190 e. The molecule has 25 heavy (non-hydrogen) atoms. The molecular weight excluding hydrogens is 316 g/mol. The van der Waals surface area contributed by atoms with Crippen LogP contribution in [-0.4, -0.2) is 45.3 Å². The Kier molecular flexibility index (Phi) is 7.56. The van der Waals surface area contributed by atoms with E-state index in [1.54, 1.807) is 21.3 Å². The molecule has 1 aromatic carbocycles. The molecule has 0 radical (unpaired) electrons. The van der Waals surface area contributed by atoms with E-state index >= 15 is 0 Å². The summed E-state index contributed by atoms with van der Waals surface area (Å²) < 4.78 is 10.6. The minimum absolute atomic E-state index is 0.742. The van der Waals surface area contributed by atoms with Gasteiger partial charge in [-0.15, -0.1) is 0 Å². The monoisotopic (exact) mass is 342 g/mol. The fourth-order valence-corrected chi connectivity index (χ4v) is 2.44. The van der Waals surface area contributed by atoms with Crippen LogP contribution in [0.4, 0.5) is 0 Å². The van der Waals surface area contributed by atoms with Gasteiger partial charge in [-0.3, -0.25) is 9.98 Å². The van der Waals surface area contributed by atoms with Crippen molar-refractivity contribution in [2.24, 2.45) is 4.99 Å². The van der Waals surface area contributed by atoms with Crippen molar-refractivity contribution < 1.29 is 9.47 Å². The maximum Gasteiger partial charge on any atom is 0.190 e. The zero-order valence-electron chi connectivity index (χ0n) is 15.1. The van der Waals surface area contributed by atoms with Crippen LogP contribution < -0.4 is 20.1 Å². The number of ether oxygens (including phenoxy) is 2. The summed E-state index contributed by atoms with van der Waals surface area (Å²) in [7, 11) is 5.06. The summed E-state index contributed by atoms with van der Waals surface area (Å²) in [6.45, 7) is 1.56. The van der Waals surface area contributed by atoms with Crippen molar-refractivity contribution in [3.05, 3.63) is 53.9 Å².